The van der Waals surface area contributed by atoms with E-state index in [1.165, 1.54) is 29.5 Å². The van der Waals surface area contributed by atoms with Crippen LogP contribution in [0.25, 0.3) is 10.2 Å². The maximum Gasteiger partial charge on any atom is 0.263 e. The number of pyridine rings is 1. The summed E-state index contributed by atoms with van der Waals surface area (Å²) in [5.74, 6) is -0.886. The zero-order valence-electron chi connectivity index (χ0n) is 15.2. The third-order valence-corrected chi connectivity index (χ3v) is 6.09. The third-order valence-electron chi connectivity index (χ3n) is 4.98. The Morgan fingerprint density at radius 2 is 2.14 bits per heavy atom. The first kappa shape index (κ1) is 18.4. The molecule has 1 aromatic carbocycles. The predicted molar refractivity (Wildman–Crippen MR) is 107 cm³/mol. The van der Waals surface area contributed by atoms with Crippen LogP contribution in [-0.2, 0) is 0 Å². The largest absolute Gasteiger partial charge is 0.397 e. The zero-order chi connectivity index (χ0) is 19.8. The van der Waals surface area contributed by atoms with Crippen LogP contribution in [0.3, 0.4) is 0 Å². The minimum absolute atomic E-state index is 0.188. The molecular weight excluding hydrogens is 379 g/mol. The first-order chi connectivity index (χ1) is 13.5. The van der Waals surface area contributed by atoms with Gasteiger partial charge in [-0.25, -0.2) is 9.37 Å². The molecule has 4 rings (SSSR count). The van der Waals surface area contributed by atoms with Gasteiger partial charge in [-0.05, 0) is 43.2 Å². The van der Waals surface area contributed by atoms with Crippen LogP contribution in [0, 0.1) is 5.82 Å². The van der Waals surface area contributed by atoms with Crippen molar-refractivity contribution in [3.05, 3.63) is 58.3 Å². The van der Waals surface area contributed by atoms with Crippen molar-refractivity contribution < 1.29 is 14.0 Å². The first-order valence-corrected chi connectivity index (χ1v) is 9.78. The summed E-state index contributed by atoms with van der Waals surface area (Å²) in [5.41, 5.74) is 7.59. The van der Waals surface area contributed by atoms with E-state index in [1.807, 2.05) is 12.1 Å². The van der Waals surface area contributed by atoms with Gasteiger partial charge in [-0.1, -0.05) is 6.07 Å². The molecule has 0 bridgehead atoms. The molecule has 3 aromatic rings. The molecule has 2 amide bonds. The standard InChI is InChI=1S/C20H19FN4O2S/c1-23-18(26)17-16(22)13-7-8-14(24-19(13)28-17)15-6-3-9-25(15)20(27)11-4-2-5-12(21)10-11/h2,4-5,7-8,10,15H,3,6,9,22H2,1H3,(H,23,26)/t15-/m1/s1. The first-order valence-electron chi connectivity index (χ1n) is 8.97. The average Bonchev–Trinajstić information content (AvgIpc) is 3.31. The lowest BCUT2D eigenvalue weighted by Crippen LogP contribution is -2.31. The lowest BCUT2D eigenvalue weighted by molar-refractivity contribution is 0.0732. The molecule has 3 N–H and O–H groups in total. The summed E-state index contributed by atoms with van der Waals surface area (Å²) in [4.78, 5) is 32.4. The van der Waals surface area contributed by atoms with Crippen molar-refractivity contribution in [2.75, 3.05) is 19.3 Å². The van der Waals surface area contributed by atoms with Crippen LogP contribution >= 0.6 is 11.3 Å². The summed E-state index contributed by atoms with van der Waals surface area (Å²) >= 11 is 1.24. The molecule has 3 heterocycles. The Morgan fingerprint density at radius 1 is 1.32 bits per heavy atom. The number of thiophene rings is 1. The number of aromatic nitrogens is 1. The van der Waals surface area contributed by atoms with Gasteiger partial charge >= 0.3 is 0 Å². The van der Waals surface area contributed by atoms with Gasteiger partial charge in [0.15, 0.2) is 0 Å². The number of nitrogens with two attached hydrogens (primary N) is 1. The Bertz CT molecular complexity index is 1080. The van der Waals surface area contributed by atoms with Crippen LogP contribution in [0.15, 0.2) is 36.4 Å². The topological polar surface area (TPSA) is 88.3 Å². The molecule has 1 fully saturated rings. The van der Waals surface area contributed by atoms with Crippen molar-refractivity contribution in [2.24, 2.45) is 0 Å². The number of carbonyl (C=O) groups excluding carboxylic acids is 2. The van der Waals surface area contributed by atoms with E-state index in [9.17, 15) is 14.0 Å². The van der Waals surface area contributed by atoms with Gasteiger partial charge in [0.1, 0.15) is 15.5 Å². The van der Waals surface area contributed by atoms with Gasteiger partial charge in [0.2, 0.25) is 0 Å². The minimum Gasteiger partial charge on any atom is -0.397 e. The van der Waals surface area contributed by atoms with Crippen molar-refractivity contribution in [1.29, 1.82) is 0 Å². The van der Waals surface area contributed by atoms with Crippen LogP contribution in [-0.4, -0.2) is 35.3 Å². The van der Waals surface area contributed by atoms with Crippen LogP contribution in [0.4, 0.5) is 10.1 Å². The van der Waals surface area contributed by atoms with E-state index >= 15 is 0 Å². The highest BCUT2D eigenvalue weighted by Crippen LogP contribution is 2.37. The second-order valence-electron chi connectivity index (χ2n) is 6.68. The quantitative estimate of drug-likeness (QED) is 0.708. The van der Waals surface area contributed by atoms with Crippen LogP contribution < -0.4 is 11.1 Å². The number of fused-ring (bicyclic) bond motifs is 1. The van der Waals surface area contributed by atoms with Crippen molar-refractivity contribution in [1.82, 2.24) is 15.2 Å². The molecule has 144 valence electrons. The molecule has 28 heavy (non-hydrogen) atoms. The molecule has 6 nitrogen and oxygen atoms in total. The summed E-state index contributed by atoms with van der Waals surface area (Å²) in [6, 6.07) is 9.23. The normalized spacial score (nSPS) is 16.5. The summed E-state index contributed by atoms with van der Waals surface area (Å²) in [6.07, 6.45) is 1.63. The second-order valence-corrected chi connectivity index (χ2v) is 7.68. The number of benzene rings is 1. The van der Waals surface area contributed by atoms with Crippen LogP contribution in [0.5, 0.6) is 0 Å². The lowest BCUT2D eigenvalue weighted by atomic mass is 10.1. The molecule has 0 unspecified atom stereocenters. The number of hydrogen-bond acceptors (Lipinski definition) is 5. The lowest BCUT2D eigenvalue weighted by Gasteiger charge is -2.24. The smallest absolute Gasteiger partial charge is 0.263 e. The van der Waals surface area contributed by atoms with Crippen molar-refractivity contribution in [3.63, 3.8) is 0 Å². The predicted octanol–water partition coefficient (Wildman–Crippen LogP) is 3.35. The van der Waals surface area contributed by atoms with E-state index in [2.05, 4.69) is 10.3 Å². The molecule has 1 atom stereocenters. The van der Waals surface area contributed by atoms with Gasteiger partial charge in [0.25, 0.3) is 11.8 Å². The average molecular weight is 398 g/mol. The fraction of sp³-hybridized carbons (Fsp3) is 0.250. The van der Waals surface area contributed by atoms with Crippen molar-refractivity contribution in [2.45, 2.75) is 18.9 Å². The Kier molecular flexibility index (Phi) is 4.72. The summed E-state index contributed by atoms with van der Waals surface area (Å²) in [6.45, 7) is 0.593. The van der Waals surface area contributed by atoms with Gasteiger partial charge < -0.3 is 16.0 Å². The molecule has 0 aliphatic carbocycles. The van der Waals surface area contributed by atoms with Crippen molar-refractivity contribution in [3.8, 4) is 0 Å². The number of hydrogen-bond donors (Lipinski definition) is 2. The number of nitrogens with zero attached hydrogens (tertiary/aromatic N) is 2. The Labute approximate surface area is 165 Å². The van der Waals surface area contributed by atoms with E-state index in [1.54, 1.807) is 18.0 Å². The van der Waals surface area contributed by atoms with Gasteiger partial charge in [-0.15, -0.1) is 11.3 Å². The minimum atomic E-state index is -0.433. The van der Waals surface area contributed by atoms with E-state index in [0.717, 1.165) is 23.9 Å². The molecule has 8 heteroatoms. The van der Waals surface area contributed by atoms with Gasteiger partial charge in [0.05, 0.1) is 17.4 Å². The fourth-order valence-corrected chi connectivity index (χ4v) is 4.63. The number of carbonyl (C=O) groups is 2. The van der Waals surface area contributed by atoms with E-state index < -0.39 is 5.82 Å². The van der Waals surface area contributed by atoms with E-state index in [4.69, 9.17) is 5.73 Å². The zero-order valence-corrected chi connectivity index (χ0v) is 16.1. The molecule has 0 saturated carbocycles. The number of anilines is 1. The highest BCUT2D eigenvalue weighted by atomic mass is 32.1. The number of amides is 2. The molecule has 1 saturated heterocycles. The van der Waals surface area contributed by atoms with E-state index in [0.29, 0.717) is 27.5 Å². The fourth-order valence-electron chi connectivity index (χ4n) is 3.58. The van der Waals surface area contributed by atoms with E-state index in [-0.39, 0.29) is 17.9 Å². The number of nitrogens with one attached hydrogen (secondary N) is 1. The molecule has 0 radical (unpaired) electrons. The molecule has 2 aromatic heterocycles. The van der Waals surface area contributed by atoms with Crippen LogP contribution in [0.1, 0.15) is 44.6 Å². The summed E-state index contributed by atoms with van der Waals surface area (Å²) in [5, 5.41) is 3.31. The molecule has 1 aliphatic rings. The monoisotopic (exact) mass is 398 g/mol. The number of rotatable bonds is 3. The Morgan fingerprint density at radius 3 is 2.89 bits per heavy atom. The summed E-state index contributed by atoms with van der Waals surface area (Å²) < 4.78 is 13.5. The maximum absolute atomic E-state index is 13.5. The van der Waals surface area contributed by atoms with Crippen LogP contribution in [0.2, 0.25) is 0 Å². The highest BCUT2D eigenvalue weighted by Gasteiger charge is 2.32. The summed E-state index contributed by atoms with van der Waals surface area (Å²) in [7, 11) is 1.56. The second kappa shape index (κ2) is 7.20. The Balaban J connectivity index is 1.68. The van der Waals surface area contributed by atoms with Gasteiger partial charge in [-0.3, -0.25) is 9.59 Å². The number of nitrogen functional groups attached to an aromatic ring is 1. The molecular formula is C20H19FN4O2S. The van der Waals surface area contributed by atoms with Crippen molar-refractivity contribution >= 4 is 39.1 Å². The van der Waals surface area contributed by atoms with Gasteiger partial charge in [0, 0.05) is 24.5 Å². The SMILES string of the molecule is CNC(=O)c1sc2nc([C@H]3CCCN3C(=O)c3cccc(F)c3)ccc2c1N. The Hall–Kier alpha value is -3.00. The number of halogens is 1. The third kappa shape index (κ3) is 3.09. The molecule has 0 spiro atoms. The number of likely N-dealkylation sites (tertiary alicyclic amines) is 1. The van der Waals surface area contributed by atoms with Gasteiger partial charge in [-0.2, -0.15) is 0 Å². The highest BCUT2D eigenvalue weighted by molar-refractivity contribution is 7.21. The maximum atomic E-state index is 13.5. The molecule has 1 aliphatic heterocycles.